The first kappa shape index (κ1) is 16.2. The minimum Gasteiger partial charge on any atom is -0.497 e. The van der Waals surface area contributed by atoms with Crippen molar-refractivity contribution >= 4 is 17.5 Å². The number of ether oxygens (including phenoxy) is 1. The Balaban J connectivity index is 1.46. The average molecular weight is 372 g/mol. The van der Waals surface area contributed by atoms with Crippen LogP contribution in [0.5, 0.6) is 5.75 Å². The van der Waals surface area contributed by atoms with Crippen molar-refractivity contribution < 1.29 is 4.74 Å². The smallest absolute Gasteiger partial charge is 0.224 e. The fraction of sp³-hybridized carbons (Fsp3) is 0.105. The van der Waals surface area contributed by atoms with E-state index in [0.717, 1.165) is 28.3 Å². The van der Waals surface area contributed by atoms with Gasteiger partial charge in [0.2, 0.25) is 5.95 Å². The highest BCUT2D eigenvalue weighted by atomic mass is 16.5. The van der Waals surface area contributed by atoms with Gasteiger partial charge in [-0.25, -0.2) is 4.98 Å². The monoisotopic (exact) mass is 372 g/mol. The highest BCUT2D eigenvalue weighted by molar-refractivity contribution is 5.81. The molecule has 0 amide bonds. The van der Waals surface area contributed by atoms with Gasteiger partial charge in [-0.2, -0.15) is 9.67 Å². The van der Waals surface area contributed by atoms with Crippen molar-refractivity contribution in [1.29, 1.82) is 0 Å². The lowest BCUT2D eigenvalue weighted by Gasteiger charge is -2.10. The molecule has 0 aliphatic carbocycles. The van der Waals surface area contributed by atoms with Gasteiger partial charge in [-0.1, -0.05) is 24.3 Å². The van der Waals surface area contributed by atoms with Crippen LogP contribution in [-0.2, 0) is 6.54 Å². The molecular formula is C19H16N8O. The van der Waals surface area contributed by atoms with Gasteiger partial charge < -0.3 is 15.4 Å². The molecule has 0 bridgehead atoms. The van der Waals surface area contributed by atoms with Gasteiger partial charge in [0.15, 0.2) is 5.82 Å². The number of rotatable bonds is 4. The maximum Gasteiger partial charge on any atom is 0.224 e. The predicted molar refractivity (Wildman–Crippen MR) is 104 cm³/mol. The summed E-state index contributed by atoms with van der Waals surface area (Å²) in [5, 5.41) is 18.7. The second-order valence-corrected chi connectivity index (χ2v) is 6.21. The van der Waals surface area contributed by atoms with Gasteiger partial charge in [-0.15, -0.1) is 5.10 Å². The Kier molecular flexibility index (Phi) is 3.82. The molecule has 0 saturated heterocycles. The molecule has 0 saturated carbocycles. The fourth-order valence-electron chi connectivity index (χ4n) is 3.06. The molecule has 2 aromatic heterocycles. The van der Waals surface area contributed by atoms with Crippen LogP contribution in [0.2, 0.25) is 0 Å². The number of hydrogen-bond acceptors (Lipinski definition) is 8. The predicted octanol–water partition coefficient (Wildman–Crippen LogP) is 2.80. The van der Waals surface area contributed by atoms with Gasteiger partial charge in [-0.3, -0.25) is 0 Å². The topological polar surface area (TPSA) is 103 Å². The quantitative estimate of drug-likeness (QED) is 0.496. The number of nitrogens with zero attached hydrogens (tertiary/aromatic N) is 6. The van der Waals surface area contributed by atoms with Gasteiger partial charge in [0, 0.05) is 12.7 Å². The number of para-hydroxylation sites is 2. The number of aromatic nitrogens is 6. The summed E-state index contributed by atoms with van der Waals surface area (Å²) in [6.45, 7) is 0.594. The summed E-state index contributed by atoms with van der Waals surface area (Å²) >= 11 is 0. The van der Waals surface area contributed by atoms with E-state index in [2.05, 4.69) is 36.1 Å². The first-order valence-corrected chi connectivity index (χ1v) is 8.71. The Morgan fingerprint density at radius 1 is 1.11 bits per heavy atom. The highest BCUT2D eigenvalue weighted by Crippen LogP contribution is 2.35. The molecule has 5 rings (SSSR count). The zero-order valence-corrected chi connectivity index (χ0v) is 15.0. The third-order valence-electron chi connectivity index (χ3n) is 4.49. The van der Waals surface area contributed by atoms with Crippen molar-refractivity contribution in [1.82, 2.24) is 30.2 Å². The van der Waals surface area contributed by atoms with E-state index >= 15 is 0 Å². The van der Waals surface area contributed by atoms with E-state index in [-0.39, 0.29) is 0 Å². The van der Waals surface area contributed by atoms with Crippen molar-refractivity contribution in [3.63, 3.8) is 0 Å². The van der Waals surface area contributed by atoms with Crippen molar-refractivity contribution in [3.8, 4) is 22.8 Å². The summed E-state index contributed by atoms with van der Waals surface area (Å²) in [4.78, 5) is 9.06. The molecule has 0 radical (unpaired) electrons. The van der Waals surface area contributed by atoms with Crippen LogP contribution in [-0.4, -0.2) is 37.3 Å². The summed E-state index contributed by atoms with van der Waals surface area (Å²) < 4.78 is 6.87. The molecule has 0 unspecified atom stereocenters. The highest BCUT2D eigenvalue weighted by Gasteiger charge is 2.23. The summed E-state index contributed by atoms with van der Waals surface area (Å²) in [6, 6.07) is 15.6. The molecule has 28 heavy (non-hydrogen) atoms. The molecule has 2 N–H and O–H groups in total. The lowest BCUT2D eigenvalue weighted by molar-refractivity contribution is 0.414. The summed E-state index contributed by atoms with van der Waals surface area (Å²) in [7, 11) is 1.65. The molecule has 1 aliphatic rings. The van der Waals surface area contributed by atoms with Crippen LogP contribution in [0, 0.1) is 0 Å². The molecule has 0 atom stereocenters. The number of fused-ring (bicyclic) bond motifs is 5. The third kappa shape index (κ3) is 2.78. The Hall–Kier alpha value is -4.01. The van der Waals surface area contributed by atoms with E-state index in [4.69, 9.17) is 4.74 Å². The largest absolute Gasteiger partial charge is 0.497 e. The molecule has 9 nitrogen and oxygen atoms in total. The van der Waals surface area contributed by atoms with Gasteiger partial charge in [0.05, 0.1) is 24.0 Å². The third-order valence-corrected chi connectivity index (χ3v) is 4.49. The number of methoxy groups -OCH3 is 1. The Labute approximate surface area is 160 Å². The van der Waals surface area contributed by atoms with E-state index in [0.29, 0.717) is 24.1 Å². The van der Waals surface area contributed by atoms with Crippen LogP contribution in [0.4, 0.5) is 17.5 Å². The van der Waals surface area contributed by atoms with Crippen LogP contribution >= 0.6 is 0 Å². The number of nitrogens with one attached hydrogen (secondary N) is 2. The van der Waals surface area contributed by atoms with Crippen LogP contribution in [0.15, 0.2) is 54.7 Å². The van der Waals surface area contributed by atoms with E-state index in [1.54, 1.807) is 18.0 Å². The van der Waals surface area contributed by atoms with Crippen molar-refractivity contribution in [2.45, 2.75) is 6.54 Å². The minimum atomic E-state index is 0.514. The first-order chi connectivity index (χ1) is 13.8. The molecule has 3 heterocycles. The Morgan fingerprint density at radius 3 is 2.82 bits per heavy atom. The zero-order valence-electron chi connectivity index (χ0n) is 15.0. The molecule has 0 spiro atoms. The van der Waals surface area contributed by atoms with Crippen LogP contribution in [0.1, 0.15) is 5.56 Å². The van der Waals surface area contributed by atoms with Crippen molar-refractivity contribution in [3.05, 3.63) is 60.3 Å². The minimum absolute atomic E-state index is 0.514. The summed E-state index contributed by atoms with van der Waals surface area (Å²) in [5.74, 6) is 2.58. The standard InChI is InChI=1S/C19H16N8O/c1-28-13-8-6-12(7-9-13)10-20-19-21-11-14-17(23-19)22-15-4-2-3-5-16(15)27-18(14)24-25-26-27/h2-9,11H,10H2,1H3,(H2,20,21,22,23). The molecular weight excluding hydrogens is 356 g/mol. The normalized spacial score (nSPS) is 11.5. The van der Waals surface area contributed by atoms with E-state index in [1.807, 2.05) is 48.5 Å². The lowest BCUT2D eigenvalue weighted by atomic mass is 10.2. The van der Waals surface area contributed by atoms with Gasteiger partial charge >= 0.3 is 0 Å². The maximum atomic E-state index is 5.19. The van der Waals surface area contributed by atoms with Gasteiger partial charge in [0.1, 0.15) is 11.6 Å². The molecule has 4 aromatic rings. The summed E-state index contributed by atoms with van der Waals surface area (Å²) in [5.41, 5.74) is 3.56. The number of tetrazole rings is 1. The Morgan fingerprint density at radius 2 is 1.96 bits per heavy atom. The zero-order chi connectivity index (χ0) is 18.9. The SMILES string of the molecule is COc1ccc(CNc2ncc3c(n2)Nc2ccccc2-n2nnnc2-3)cc1. The van der Waals surface area contributed by atoms with E-state index < -0.39 is 0 Å². The molecule has 9 heteroatoms. The second kappa shape index (κ2) is 6.62. The molecule has 0 fully saturated rings. The van der Waals surface area contributed by atoms with Crippen molar-refractivity contribution in [2.24, 2.45) is 0 Å². The van der Waals surface area contributed by atoms with Crippen LogP contribution in [0.3, 0.4) is 0 Å². The van der Waals surface area contributed by atoms with Crippen molar-refractivity contribution in [2.75, 3.05) is 17.7 Å². The second-order valence-electron chi connectivity index (χ2n) is 6.21. The number of anilines is 3. The first-order valence-electron chi connectivity index (χ1n) is 8.71. The van der Waals surface area contributed by atoms with Gasteiger partial charge in [0.25, 0.3) is 0 Å². The number of benzene rings is 2. The molecule has 138 valence electrons. The van der Waals surface area contributed by atoms with E-state index in [9.17, 15) is 0 Å². The maximum absolute atomic E-state index is 5.19. The average Bonchev–Trinajstić information content (AvgIpc) is 3.18. The number of hydrogen-bond donors (Lipinski definition) is 2. The van der Waals surface area contributed by atoms with Crippen LogP contribution in [0.25, 0.3) is 17.1 Å². The Bertz CT molecular complexity index is 1140. The summed E-state index contributed by atoms with van der Waals surface area (Å²) in [6.07, 6.45) is 1.72. The van der Waals surface area contributed by atoms with Crippen LogP contribution < -0.4 is 15.4 Å². The lowest BCUT2D eigenvalue weighted by Crippen LogP contribution is -2.06. The molecule has 2 aromatic carbocycles. The van der Waals surface area contributed by atoms with Gasteiger partial charge in [-0.05, 0) is 40.3 Å². The molecule has 1 aliphatic heterocycles. The van der Waals surface area contributed by atoms with E-state index in [1.165, 1.54) is 0 Å². The fourth-order valence-corrected chi connectivity index (χ4v) is 3.06.